The number of unbranched alkanes of at least 4 members (excludes halogenated alkanes) is 1. The number of nitrogens with one attached hydrogen (secondary N) is 1. The second-order valence-corrected chi connectivity index (χ2v) is 8.79. The average molecular weight is 390 g/mol. The van der Waals surface area contributed by atoms with Crippen molar-refractivity contribution in [2.75, 3.05) is 11.1 Å². The molecule has 0 saturated heterocycles. The van der Waals surface area contributed by atoms with E-state index >= 15 is 0 Å². The zero-order valence-electron chi connectivity index (χ0n) is 13.2. The van der Waals surface area contributed by atoms with Gasteiger partial charge >= 0.3 is 0 Å². The first kappa shape index (κ1) is 19.1. The number of carbonyl (C=O) groups excluding carboxylic acids is 1. The van der Waals surface area contributed by atoms with E-state index in [1.807, 2.05) is 0 Å². The maximum atomic E-state index is 13.6. The Bertz CT molecular complexity index is 676. The van der Waals surface area contributed by atoms with Crippen LogP contribution in [0.15, 0.2) is 26.9 Å². The zero-order valence-corrected chi connectivity index (χ0v) is 15.7. The largest absolute Gasteiger partial charge is 0.320 e. The molecule has 130 valence electrons. The third kappa shape index (κ3) is 5.42. The quantitative estimate of drug-likeness (QED) is 0.518. The lowest BCUT2D eigenvalue weighted by atomic mass is 10.3. The Morgan fingerprint density at radius 3 is 2.62 bits per heavy atom. The number of benzene rings is 1. The normalized spacial score (nSPS) is 12.2. The predicted octanol–water partition coefficient (Wildman–Crippen LogP) is 4.83. The minimum absolute atomic E-state index is 0.428. The lowest BCUT2D eigenvalue weighted by molar-refractivity contribution is -0.115. The number of aromatic nitrogens is 2. The highest BCUT2D eigenvalue weighted by molar-refractivity contribution is 8.03. The van der Waals surface area contributed by atoms with E-state index in [0.717, 1.165) is 35.1 Å². The summed E-state index contributed by atoms with van der Waals surface area (Å²) in [5, 5.41) is 9.85. The van der Waals surface area contributed by atoms with Crippen LogP contribution in [-0.2, 0) is 4.79 Å². The number of hydrogen-bond acceptors (Lipinski definition) is 6. The van der Waals surface area contributed by atoms with E-state index in [1.165, 1.54) is 29.2 Å². The van der Waals surface area contributed by atoms with Crippen LogP contribution in [0.3, 0.4) is 0 Å². The number of nitrogens with zero attached hydrogens (tertiary/aromatic N) is 2. The second kappa shape index (κ2) is 9.33. The van der Waals surface area contributed by atoms with E-state index in [2.05, 4.69) is 22.4 Å². The number of thioether (sulfide) groups is 2. The molecule has 0 aliphatic rings. The predicted molar refractivity (Wildman–Crippen MR) is 95.8 cm³/mol. The summed E-state index contributed by atoms with van der Waals surface area (Å²) in [5.41, 5.74) is -0.428. The molecule has 1 N–H and O–H groups in total. The molecule has 0 saturated carbocycles. The fraction of sp³-hybridized carbons (Fsp3) is 0.400. The van der Waals surface area contributed by atoms with Gasteiger partial charge in [-0.05, 0) is 25.5 Å². The van der Waals surface area contributed by atoms with Gasteiger partial charge in [0.25, 0.3) is 0 Å². The number of hydrogen-bond donors (Lipinski definition) is 1. The van der Waals surface area contributed by atoms with Gasteiger partial charge in [0, 0.05) is 5.75 Å². The number of halogens is 2. The summed E-state index contributed by atoms with van der Waals surface area (Å²) in [6, 6.07) is 3.44. The van der Waals surface area contributed by atoms with Gasteiger partial charge in [0.15, 0.2) is 8.68 Å². The van der Waals surface area contributed by atoms with Crippen LogP contribution in [0.2, 0.25) is 0 Å². The summed E-state index contributed by atoms with van der Waals surface area (Å²) in [6.07, 6.45) is 2.23. The molecule has 1 atom stereocenters. The molecule has 1 aromatic carbocycles. The monoisotopic (exact) mass is 389 g/mol. The fourth-order valence-corrected chi connectivity index (χ4v) is 4.97. The molecule has 4 nitrogen and oxygen atoms in total. The van der Waals surface area contributed by atoms with Crippen molar-refractivity contribution in [1.29, 1.82) is 0 Å². The van der Waals surface area contributed by atoms with E-state index in [1.54, 1.807) is 18.7 Å². The number of carbonyl (C=O) groups is 1. The summed E-state index contributed by atoms with van der Waals surface area (Å²) in [7, 11) is 0. The van der Waals surface area contributed by atoms with Crippen LogP contribution in [-0.4, -0.2) is 27.1 Å². The van der Waals surface area contributed by atoms with Gasteiger partial charge in [-0.1, -0.05) is 54.3 Å². The standard InChI is InChI=1S/C15H17F2N3OS3/c1-3-4-8-22-14-19-20-15(24-14)23-9(2)13(21)18-12-10(16)6-5-7-11(12)17/h5-7,9H,3-4,8H2,1-2H3,(H,18,21)/t9-/m1/s1. The van der Waals surface area contributed by atoms with E-state index in [-0.39, 0.29) is 0 Å². The second-order valence-electron chi connectivity index (χ2n) is 4.88. The van der Waals surface area contributed by atoms with Crippen molar-refractivity contribution < 1.29 is 13.6 Å². The van der Waals surface area contributed by atoms with Crippen LogP contribution in [0.1, 0.15) is 26.7 Å². The molecule has 0 fully saturated rings. The first-order valence-electron chi connectivity index (χ1n) is 7.39. The maximum absolute atomic E-state index is 13.6. The highest BCUT2D eigenvalue weighted by Crippen LogP contribution is 2.32. The number of rotatable bonds is 8. The van der Waals surface area contributed by atoms with Crippen molar-refractivity contribution in [2.45, 2.75) is 40.6 Å². The van der Waals surface area contributed by atoms with Crippen LogP contribution in [0.25, 0.3) is 0 Å². The Morgan fingerprint density at radius 1 is 1.29 bits per heavy atom. The van der Waals surface area contributed by atoms with Crippen molar-refractivity contribution in [2.24, 2.45) is 0 Å². The van der Waals surface area contributed by atoms with Gasteiger partial charge in [-0.15, -0.1) is 10.2 Å². The Hall–Kier alpha value is -1.19. The van der Waals surface area contributed by atoms with Crippen LogP contribution >= 0.6 is 34.9 Å². The Labute approximate surface area is 151 Å². The van der Waals surface area contributed by atoms with Gasteiger partial charge < -0.3 is 5.32 Å². The highest BCUT2D eigenvalue weighted by Gasteiger charge is 2.20. The van der Waals surface area contributed by atoms with Gasteiger partial charge in [-0.3, -0.25) is 4.79 Å². The zero-order chi connectivity index (χ0) is 17.5. The number of amides is 1. The Balaban J connectivity index is 1.92. The lowest BCUT2D eigenvalue weighted by Gasteiger charge is -2.11. The number of anilines is 1. The van der Waals surface area contributed by atoms with Crippen molar-refractivity contribution >= 4 is 46.5 Å². The summed E-state index contributed by atoms with van der Waals surface area (Å²) >= 11 is 4.27. The van der Waals surface area contributed by atoms with Gasteiger partial charge in [-0.25, -0.2) is 8.78 Å². The summed E-state index contributed by atoms with van der Waals surface area (Å²) in [6.45, 7) is 3.78. The van der Waals surface area contributed by atoms with Crippen molar-refractivity contribution in [3.63, 3.8) is 0 Å². The van der Waals surface area contributed by atoms with Gasteiger partial charge in [0.2, 0.25) is 5.91 Å². The van der Waals surface area contributed by atoms with Crippen molar-refractivity contribution in [3.8, 4) is 0 Å². The molecular weight excluding hydrogens is 372 g/mol. The molecule has 1 heterocycles. The SMILES string of the molecule is CCCCSc1nnc(S[C@H](C)C(=O)Nc2c(F)cccc2F)s1. The van der Waals surface area contributed by atoms with Crippen LogP contribution in [0.5, 0.6) is 0 Å². The van der Waals surface area contributed by atoms with Gasteiger partial charge in [0.05, 0.1) is 5.25 Å². The van der Waals surface area contributed by atoms with E-state index in [0.29, 0.717) is 4.34 Å². The maximum Gasteiger partial charge on any atom is 0.237 e. The molecule has 1 amide bonds. The topological polar surface area (TPSA) is 54.9 Å². The number of para-hydroxylation sites is 1. The first-order valence-corrected chi connectivity index (χ1v) is 10.1. The van der Waals surface area contributed by atoms with Crippen LogP contribution in [0.4, 0.5) is 14.5 Å². The molecule has 0 radical (unpaired) electrons. The van der Waals surface area contributed by atoms with Crippen molar-refractivity contribution in [3.05, 3.63) is 29.8 Å². The van der Waals surface area contributed by atoms with Gasteiger partial charge in [-0.2, -0.15) is 0 Å². The fourth-order valence-electron chi connectivity index (χ4n) is 1.65. The van der Waals surface area contributed by atoms with Crippen LogP contribution < -0.4 is 5.32 Å². The van der Waals surface area contributed by atoms with E-state index in [4.69, 9.17) is 0 Å². The third-order valence-electron chi connectivity index (χ3n) is 2.97. The summed E-state index contributed by atoms with van der Waals surface area (Å²) < 4.78 is 28.7. The summed E-state index contributed by atoms with van der Waals surface area (Å²) in [5.74, 6) is -1.10. The Kier molecular flexibility index (Phi) is 7.44. The molecule has 24 heavy (non-hydrogen) atoms. The molecule has 2 aromatic rings. The lowest BCUT2D eigenvalue weighted by Crippen LogP contribution is -2.23. The van der Waals surface area contributed by atoms with Gasteiger partial charge in [0.1, 0.15) is 17.3 Å². The molecule has 0 aliphatic heterocycles. The first-order chi connectivity index (χ1) is 11.5. The molecule has 0 unspecified atom stereocenters. The molecule has 2 rings (SSSR count). The molecule has 0 bridgehead atoms. The third-order valence-corrected chi connectivity index (χ3v) is 6.30. The molecular formula is C15H17F2N3OS3. The molecule has 9 heteroatoms. The highest BCUT2D eigenvalue weighted by atomic mass is 32.2. The van der Waals surface area contributed by atoms with E-state index in [9.17, 15) is 13.6 Å². The Morgan fingerprint density at radius 2 is 1.96 bits per heavy atom. The summed E-state index contributed by atoms with van der Waals surface area (Å²) in [4.78, 5) is 12.1. The minimum atomic E-state index is -0.800. The smallest absolute Gasteiger partial charge is 0.237 e. The van der Waals surface area contributed by atoms with Crippen LogP contribution in [0, 0.1) is 11.6 Å². The average Bonchev–Trinajstić information content (AvgIpc) is 2.98. The molecule has 1 aromatic heterocycles. The van der Waals surface area contributed by atoms with Crippen molar-refractivity contribution in [1.82, 2.24) is 10.2 Å². The minimum Gasteiger partial charge on any atom is -0.320 e. The molecule has 0 aliphatic carbocycles. The molecule has 0 spiro atoms. The van der Waals surface area contributed by atoms with E-state index < -0.39 is 28.5 Å².